The van der Waals surface area contributed by atoms with E-state index in [-0.39, 0.29) is 5.82 Å². The molecule has 29 heavy (non-hydrogen) atoms. The number of anilines is 1. The number of benzene rings is 1. The van der Waals surface area contributed by atoms with Crippen LogP contribution in [0.3, 0.4) is 0 Å². The molecular weight excluding hydrogens is 367 g/mol. The van der Waals surface area contributed by atoms with Crippen LogP contribution in [0.25, 0.3) is 0 Å². The fraction of sp³-hybridized carbons (Fsp3) is 0.696. The number of halogens is 1. The molecule has 3 unspecified atom stereocenters. The van der Waals surface area contributed by atoms with Crippen LogP contribution in [0.1, 0.15) is 44.9 Å². The minimum atomic E-state index is -0.164. The quantitative estimate of drug-likeness (QED) is 0.604. The van der Waals surface area contributed by atoms with Gasteiger partial charge in [0, 0.05) is 55.8 Å². The van der Waals surface area contributed by atoms with E-state index in [0.717, 1.165) is 44.2 Å². The van der Waals surface area contributed by atoms with Gasteiger partial charge in [0.1, 0.15) is 5.82 Å². The van der Waals surface area contributed by atoms with Gasteiger partial charge >= 0.3 is 0 Å². The molecule has 4 aliphatic rings. The fourth-order valence-corrected chi connectivity index (χ4v) is 6.37. The standard InChI is InChI=1S/C23H33FN4O/c1-25-22(27-20-19-9-14-29-21(19)23(20)10-2-3-11-23)26-17-7-12-28(13-8-17)18-6-4-5-16(24)15-18/h4-6,15,17,19-21H,2-3,7-14H2,1H3,(H2,25,26,27). The number of ether oxygens (including phenoxy) is 1. The molecule has 2 heterocycles. The van der Waals surface area contributed by atoms with Crippen LogP contribution in [-0.4, -0.2) is 50.9 Å². The van der Waals surface area contributed by atoms with Crippen LogP contribution in [0, 0.1) is 17.2 Å². The summed E-state index contributed by atoms with van der Waals surface area (Å²) in [6, 6.07) is 7.82. The molecule has 1 aromatic rings. The first-order valence-corrected chi connectivity index (χ1v) is 11.3. The average Bonchev–Trinajstić information content (AvgIpc) is 3.40. The van der Waals surface area contributed by atoms with Gasteiger partial charge in [-0.2, -0.15) is 0 Å². The largest absolute Gasteiger partial charge is 0.377 e. The van der Waals surface area contributed by atoms with Gasteiger partial charge in [-0.1, -0.05) is 18.9 Å². The number of guanidine groups is 1. The first kappa shape index (κ1) is 19.2. The van der Waals surface area contributed by atoms with Gasteiger partial charge in [0.15, 0.2) is 5.96 Å². The molecule has 0 bridgehead atoms. The molecule has 0 amide bonds. The van der Waals surface area contributed by atoms with Crippen molar-refractivity contribution in [2.45, 2.75) is 63.1 Å². The third-order valence-electron chi connectivity index (χ3n) is 7.81. The van der Waals surface area contributed by atoms with E-state index in [9.17, 15) is 4.39 Å². The van der Waals surface area contributed by atoms with Crippen molar-refractivity contribution in [1.82, 2.24) is 10.6 Å². The van der Waals surface area contributed by atoms with Crippen molar-refractivity contribution in [3.05, 3.63) is 30.1 Å². The molecule has 0 radical (unpaired) electrons. The number of aliphatic imine (C=N–C) groups is 1. The van der Waals surface area contributed by atoms with Gasteiger partial charge in [-0.25, -0.2) is 4.39 Å². The highest BCUT2D eigenvalue weighted by atomic mass is 19.1. The van der Waals surface area contributed by atoms with Gasteiger partial charge < -0.3 is 20.3 Å². The zero-order valence-corrected chi connectivity index (χ0v) is 17.4. The Kier molecular flexibility index (Phi) is 5.14. The third-order valence-corrected chi connectivity index (χ3v) is 7.81. The molecule has 158 valence electrons. The molecule has 5 rings (SSSR count). The maximum absolute atomic E-state index is 13.5. The Morgan fingerprint density at radius 1 is 1.17 bits per heavy atom. The van der Waals surface area contributed by atoms with Crippen LogP contribution in [0.5, 0.6) is 0 Å². The number of rotatable bonds is 3. The predicted octanol–water partition coefficient (Wildman–Crippen LogP) is 3.31. The number of hydrogen-bond acceptors (Lipinski definition) is 3. The van der Waals surface area contributed by atoms with Crippen molar-refractivity contribution < 1.29 is 9.13 Å². The Bertz CT molecular complexity index is 755. The molecule has 1 spiro atoms. The summed E-state index contributed by atoms with van der Waals surface area (Å²) in [6.45, 7) is 2.79. The van der Waals surface area contributed by atoms with E-state index in [1.807, 2.05) is 13.1 Å². The van der Waals surface area contributed by atoms with Crippen LogP contribution >= 0.6 is 0 Å². The minimum Gasteiger partial charge on any atom is -0.377 e. The summed E-state index contributed by atoms with van der Waals surface area (Å²) in [7, 11) is 1.87. The summed E-state index contributed by atoms with van der Waals surface area (Å²) in [5, 5.41) is 7.47. The van der Waals surface area contributed by atoms with Gasteiger partial charge in [-0.05, 0) is 50.3 Å². The van der Waals surface area contributed by atoms with Crippen LogP contribution in [0.4, 0.5) is 10.1 Å². The number of nitrogens with zero attached hydrogens (tertiary/aromatic N) is 2. The SMILES string of the molecule is CN=C(NC1CCN(c2cccc(F)c2)CC1)NC1C2CCOC2C12CCCC2. The molecule has 2 aliphatic heterocycles. The highest BCUT2D eigenvalue weighted by Crippen LogP contribution is 2.60. The second kappa shape index (κ2) is 7.78. The monoisotopic (exact) mass is 400 g/mol. The number of fused-ring (bicyclic) bond motifs is 2. The van der Waals surface area contributed by atoms with Gasteiger partial charge in [-0.3, -0.25) is 4.99 Å². The van der Waals surface area contributed by atoms with E-state index in [4.69, 9.17) is 4.74 Å². The third kappa shape index (κ3) is 3.39. The van der Waals surface area contributed by atoms with Gasteiger partial charge in [0.25, 0.3) is 0 Å². The zero-order chi connectivity index (χ0) is 19.8. The van der Waals surface area contributed by atoms with Crippen molar-refractivity contribution in [3.8, 4) is 0 Å². The molecule has 4 fully saturated rings. The predicted molar refractivity (Wildman–Crippen MR) is 114 cm³/mol. The summed E-state index contributed by atoms with van der Waals surface area (Å²) >= 11 is 0. The second-order valence-electron chi connectivity index (χ2n) is 9.26. The summed E-state index contributed by atoms with van der Waals surface area (Å²) in [5.41, 5.74) is 1.32. The number of hydrogen-bond donors (Lipinski definition) is 2. The summed E-state index contributed by atoms with van der Waals surface area (Å²) in [6.07, 6.45) is 8.93. The first-order valence-electron chi connectivity index (χ1n) is 11.3. The Hall–Kier alpha value is -1.82. The topological polar surface area (TPSA) is 48.9 Å². The van der Waals surface area contributed by atoms with Crippen molar-refractivity contribution in [2.24, 2.45) is 16.3 Å². The minimum absolute atomic E-state index is 0.164. The lowest BCUT2D eigenvalue weighted by Gasteiger charge is -2.57. The van der Waals surface area contributed by atoms with Crippen molar-refractivity contribution in [3.63, 3.8) is 0 Å². The molecule has 3 atom stereocenters. The highest BCUT2D eigenvalue weighted by molar-refractivity contribution is 5.80. The average molecular weight is 401 g/mol. The van der Waals surface area contributed by atoms with Crippen molar-refractivity contribution in [1.29, 1.82) is 0 Å². The van der Waals surface area contributed by atoms with Gasteiger partial charge in [-0.15, -0.1) is 0 Å². The maximum Gasteiger partial charge on any atom is 0.191 e. The van der Waals surface area contributed by atoms with E-state index in [1.165, 1.54) is 38.2 Å². The smallest absolute Gasteiger partial charge is 0.191 e. The lowest BCUT2D eigenvalue weighted by Crippen LogP contribution is -2.69. The lowest BCUT2D eigenvalue weighted by atomic mass is 9.54. The summed E-state index contributed by atoms with van der Waals surface area (Å²) in [4.78, 5) is 6.83. The van der Waals surface area contributed by atoms with E-state index in [2.05, 4.69) is 20.5 Å². The molecule has 5 nitrogen and oxygen atoms in total. The molecule has 2 saturated heterocycles. The molecule has 2 saturated carbocycles. The van der Waals surface area contributed by atoms with Crippen molar-refractivity contribution >= 4 is 11.6 Å². The van der Waals surface area contributed by atoms with Gasteiger partial charge in [0.05, 0.1) is 6.10 Å². The van der Waals surface area contributed by atoms with Crippen LogP contribution in [0.15, 0.2) is 29.3 Å². The molecule has 2 N–H and O–H groups in total. The molecule has 6 heteroatoms. The van der Waals surface area contributed by atoms with Crippen LogP contribution in [0.2, 0.25) is 0 Å². The van der Waals surface area contributed by atoms with E-state index in [1.54, 1.807) is 12.1 Å². The molecule has 2 aliphatic carbocycles. The highest BCUT2D eigenvalue weighted by Gasteiger charge is 2.65. The number of nitrogens with one attached hydrogen (secondary N) is 2. The maximum atomic E-state index is 13.5. The normalized spacial score (nSPS) is 31.6. The molecule has 0 aromatic heterocycles. The lowest BCUT2D eigenvalue weighted by molar-refractivity contribution is -0.125. The van der Waals surface area contributed by atoms with E-state index < -0.39 is 0 Å². The second-order valence-corrected chi connectivity index (χ2v) is 9.26. The molecule has 1 aromatic carbocycles. The van der Waals surface area contributed by atoms with Gasteiger partial charge in [0.2, 0.25) is 0 Å². The van der Waals surface area contributed by atoms with Crippen LogP contribution in [-0.2, 0) is 4.74 Å². The Balaban J connectivity index is 1.17. The fourth-order valence-electron chi connectivity index (χ4n) is 6.37. The van der Waals surface area contributed by atoms with E-state index >= 15 is 0 Å². The number of piperidine rings is 1. The Morgan fingerprint density at radius 2 is 1.97 bits per heavy atom. The molecular formula is C23H33FN4O. The zero-order valence-electron chi connectivity index (χ0n) is 17.4. The summed E-state index contributed by atoms with van der Waals surface area (Å²) in [5.74, 6) is 1.42. The Morgan fingerprint density at radius 3 is 2.69 bits per heavy atom. The van der Waals surface area contributed by atoms with E-state index in [0.29, 0.717) is 29.5 Å². The Labute approximate surface area is 173 Å². The van der Waals surface area contributed by atoms with Crippen molar-refractivity contribution in [2.75, 3.05) is 31.6 Å². The van der Waals surface area contributed by atoms with Crippen LogP contribution < -0.4 is 15.5 Å². The first-order chi connectivity index (χ1) is 14.2. The summed E-state index contributed by atoms with van der Waals surface area (Å²) < 4.78 is 19.6.